The van der Waals surface area contributed by atoms with Gasteiger partial charge in [-0.05, 0) is 48.6 Å². The van der Waals surface area contributed by atoms with Gasteiger partial charge in [-0.1, -0.05) is 24.3 Å². The topological polar surface area (TPSA) is 83.4 Å². The predicted octanol–water partition coefficient (Wildman–Crippen LogP) is 4.61. The van der Waals surface area contributed by atoms with Crippen molar-refractivity contribution in [2.45, 2.75) is 31.6 Å². The van der Waals surface area contributed by atoms with Gasteiger partial charge in [0, 0.05) is 36.4 Å². The molecule has 3 unspecified atom stereocenters. The summed E-state index contributed by atoms with van der Waals surface area (Å²) in [5.41, 5.74) is 2.66. The Morgan fingerprint density at radius 1 is 1.03 bits per heavy atom. The van der Waals surface area contributed by atoms with E-state index in [1.54, 1.807) is 39.3 Å². The molecule has 0 saturated carbocycles. The van der Waals surface area contributed by atoms with Gasteiger partial charge in [-0.25, -0.2) is 4.39 Å². The van der Waals surface area contributed by atoms with E-state index in [0.717, 1.165) is 5.56 Å². The van der Waals surface area contributed by atoms with Crippen LogP contribution in [0.2, 0.25) is 0 Å². The third-order valence-electron chi connectivity index (χ3n) is 6.79. The number of carbonyl (C=O) groups is 2. The van der Waals surface area contributed by atoms with Gasteiger partial charge in [0.2, 0.25) is 0 Å². The molecule has 0 amide bonds. The Hall–Kier alpha value is -3.52. The highest BCUT2D eigenvalue weighted by Crippen LogP contribution is 2.48. The van der Waals surface area contributed by atoms with Crippen LogP contribution in [0, 0.1) is 11.7 Å². The summed E-state index contributed by atoms with van der Waals surface area (Å²) in [5.74, 6) is -1.87. The van der Waals surface area contributed by atoms with Crippen molar-refractivity contribution in [1.82, 2.24) is 0 Å². The van der Waals surface area contributed by atoms with Crippen LogP contribution < -0.4 is 9.47 Å². The van der Waals surface area contributed by atoms with E-state index in [1.165, 1.54) is 13.2 Å². The quantitative estimate of drug-likeness (QED) is 0.393. The van der Waals surface area contributed by atoms with Crippen molar-refractivity contribution in [3.63, 3.8) is 0 Å². The first-order valence-corrected chi connectivity index (χ1v) is 11.8. The van der Waals surface area contributed by atoms with Crippen LogP contribution in [0.15, 0.2) is 58.7 Å². The maximum Gasteiger partial charge on any atom is 0.315 e. The fourth-order valence-electron chi connectivity index (χ4n) is 5.09. The highest BCUT2D eigenvalue weighted by molar-refractivity contribution is 6.09. The molecule has 0 spiro atoms. The van der Waals surface area contributed by atoms with E-state index in [1.807, 2.05) is 18.2 Å². The Balaban J connectivity index is 1.75. The zero-order valence-corrected chi connectivity index (χ0v) is 20.9. The molecule has 0 fully saturated rings. The summed E-state index contributed by atoms with van der Waals surface area (Å²) < 4.78 is 36.2. The summed E-state index contributed by atoms with van der Waals surface area (Å²) in [6.07, 6.45) is 0.684. The second-order valence-corrected chi connectivity index (χ2v) is 8.89. The largest absolute Gasteiger partial charge is 0.493 e. The Labute approximate surface area is 209 Å². The van der Waals surface area contributed by atoms with Crippen molar-refractivity contribution < 1.29 is 32.9 Å². The van der Waals surface area contributed by atoms with Gasteiger partial charge in [0.05, 0.1) is 20.8 Å². The summed E-state index contributed by atoms with van der Waals surface area (Å²) in [7, 11) is 4.64. The molecule has 2 aliphatic rings. The number of methoxy groups -OCH3 is 3. The molecule has 0 aromatic heterocycles. The minimum atomic E-state index is -0.904. The molecule has 3 atom stereocenters. The van der Waals surface area contributed by atoms with Gasteiger partial charge in [0.1, 0.15) is 18.3 Å². The van der Waals surface area contributed by atoms with Gasteiger partial charge >= 0.3 is 5.97 Å². The molecule has 36 heavy (non-hydrogen) atoms. The van der Waals surface area contributed by atoms with Crippen LogP contribution in [0.5, 0.6) is 11.5 Å². The zero-order valence-electron chi connectivity index (χ0n) is 20.9. The number of hydrogen-bond donors (Lipinski definition) is 0. The van der Waals surface area contributed by atoms with E-state index in [2.05, 4.69) is 0 Å². The van der Waals surface area contributed by atoms with Crippen LogP contribution in [-0.4, -0.2) is 52.0 Å². The molecule has 8 heteroatoms. The van der Waals surface area contributed by atoms with Crippen molar-refractivity contribution >= 4 is 17.5 Å². The first-order chi connectivity index (χ1) is 17.4. The molecule has 4 rings (SSSR count). The average molecular weight is 496 g/mol. The lowest BCUT2D eigenvalue weighted by atomic mass is 9.69. The van der Waals surface area contributed by atoms with Gasteiger partial charge in [0.25, 0.3) is 0 Å². The summed E-state index contributed by atoms with van der Waals surface area (Å²) in [4.78, 5) is 31.5. The Morgan fingerprint density at radius 2 is 1.78 bits per heavy atom. The van der Waals surface area contributed by atoms with E-state index in [-0.39, 0.29) is 36.9 Å². The number of halogens is 1. The van der Waals surface area contributed by atoms with E-state index < -0.39 is 23.6 Å². The Bertz CT molecular complexity index is 1220. The predicted molar refractivity (Wildman–Crippen MR) is 132 cm³/mol. The first-order valence-electron chi connectivity index (χ1n) is 11.8. The lowest BCUT2D eigenvalue weighted by Crippen LogP contribution is -2.38. The highest BCUT2D eigenvalue weighted by Gasteiger charge is 2.45. The fraction of sp³-hybridized carbons (Fsp3) is 0.393. The lowest BCUT2D eigenvalue weighted by molar-refractivity contribution is -0.147. The number of carbonyl (C=O) groups excluding carboxylic acids is 2. The van der Waals surface area contributed by atoms with Gasteiger partial charge < -0.3 is 18.9 Å². The third kappa shape index (κ3) is 4.91. The maximum absolute atomic E-state index is 15.1. The van der Waals surface area contributed by atoms with Crippen LogP contribution in [0.3, 0.4) is 0 Å². The second-order valence-electron chi connectivity index (χ2n) is 8.89. The SMILES string of the molecule is COCCOC(=O)C1C(C)=NC2=C(C(=O)CC(c3ccc(OC)c(OC)c3)C2)C1c1ccccc1F. The molecule has 0 radical (unpaired) electrons. The normalized spacial score (nSPS) is 21.5. The van der Waals surface area contributed by atoms with Crippen molar-refractivity contribution in [3.05, 3.63) is 70.7 Å². The number of benzene rings is 2. The van der Waals surface area contributed by atoms with Crippen LogP contribution in [0.4, 0.5) is 4.39 Å². The zero-order chi connectivity index (χ0) is 25.8. The number of nitrogens with zero attached hydrogens (tertiary/aromatic N) is 1. The summed E-state index contributed by atoms with van der Waals surface area (Å²) in [6, 6.07) is 11.8. The molecule has 0 N–H and O–H groups in total. The minimum Gasteiger partial charge on any atom is -0.493 e. The van der Waals surface area contributed by atoms with Crippen LogP contribution in [0.1, 0.15) is 42.7 Å². The van der Waals surface area contributed by atoms with Gasteiger partial charge in [0.15, 0.2) is 17.3 Å². The number of hydrogen-bond acceptors (Lipinski definition) is 7. The first kappa shape index (κ1) is 25.6. The molecule has 1 heterocycles. The fourth-order valence-corrected chi connectivity index (χ4v) is 5.09. The van der Waals surface area contributed by atoms with Gasteiger partial charge in [-0.15, -0.1) is 0 Å². The van der Waals surface area contributed by atoms with Crippen molar-refractivity contribution in [2.24, 2.45) is 10.9 Å². The number of esters is 1. The third-order valence-corrected chi connectivity index (χ3v) is 6.79. The summed E-state index contributed by atoms with van der Waals surface area (Å²) in [5, 5.41) is 0. The Morgan fingerprint density at radius 3 is 2.47 bits per heavy atom. The molecule has 0 saturated heterocycles. The highest BCUT2D eigenvalue weighted by atomic mass is 19.1. The van der Waals surface area contributed by atoms with Crippen LogP contribution in [-0.2, 0) is 19.1 Å². The summed E-state index contributed by atoms with van der Waals surface area (Å²) in [6.45, 7) is 2.02. The number of ether oxygens (including phenoxy) is 4. The molecule has 7 nitrogen and oxygen atoms in total. The number of Topliss-reactive ketones (excluding diaryl/α,β-unsaturated/α-hetero) is 1. The van der Waals surface area contributed by atoms with Crippen molar-refractivity contribution in [3.8, 4) is 11.5 Å². The number of allylic oxidation sites excluding steroid dienone is 2. The molecular formula is C28H30FNO6. The lowest BCUT2D eigenvalue weighted by Gasteiger charge is -2.36. The molecule has 2 aromatic carbocycles. The second kappa shape index (κ2) is 11.0. The minimum absolute atomic E-state index is 0.0599. The maximum atomic E-state index is 15.1. The van der Waals surface area contributed by atoms with Crippen LogP contribution in [0.25, 0.3) is 0 Å². The standard InChI is InChI=1S/C28H30FNO6/c1-16-25(28(32)36-12-11-33-2)26(19-7-5-6-8-20(19)29)27-21(30-16)13-18(14-22(27)31)17-9-10-23(34-3)24(15-17)35-4/h5-10,15,18,25-26H,11-14H2,1-4H3. The van der Waals surface area contributed by atoms with Crippen molar-refractivity contribution in [1.29, 1.82) is 0 Å². The number of aliphatic imine (C=N–C) groups is 1. The van der Waals surface area contributed by atoms with Crippen LogP contribution >= 0.6 is 0 Å². The monoisotopic (exact) mass is 495 g/mol. The molecule has 190 valence electrons. The number of ketones is 1. The molecule has 1 aliphatic carbocycles. The van der Waals surface area contributed by atoms with E-state index in [9.17, 15) is 9.59 Å². The van der Waals surface area contributed by atoms with Gasteiger partial charge in [-0.2, -0.15) is 0 Å². The van der Waals surface area contributed by atoms with Crippen molar-refractivity contribution in [2.75, 3.05) is 34.5 Å². The van der Waals surface area contributed by atoms with E-state index in [4.69, 9.17) is 23.9 Å². The van der Waals surface area contributed by atoms with E-state index in [0.29, 0.717) is 34.9 Å². The molecule has 2 aromatic rings. The van der Waals surface area contributed by atoms with Gasteiger partial charge in [-0.3, -0.25) is 14.6 Å². The molecule has 1 aliphatic heterocycles. The molecular weight excluding hydrogens is 465 g/mol. The summed E-state index contributed by atoms with van der Waals surface area (Å²) >= 11 is 0. The number of rotatable bonds is 8. The smallest absolute Gasteiger partial charge is 0.315 e. The average Bonchev–Trinajstić information content (AvgIpc) is 2.87. The Kier molecular flexibility index (Phi) is 7.84. The molecule has 0 bridgehead atoms. The van der Waals surface area contributed by atoms with E-state index >= 15 is 4.39 Å².